The van der Waals surface area contributed by atoms with Gasteiger partial charge in [0.1, 0.15) is 5.52 Å². The van der Waals surface area contributed by atoms with Crippen molar-refractivity contribution in [1.29, 1.82) is 0 Å². The topological polar surface area (TPSA) is 145 Å². The molecule has 12 heteroatoms. The van der Waals surface area contributed by atoms with Gasteiger partial charge in [-0.2, -0.15) is 0 Å². The Morgan fingerprint density at radius 3 is 2.62 bits per heavy atom. The van der Waals surface area contributed by atoms with Gasteiger partial charge in [-0.1, -0.05) is 30.3 Å². The lowest BCUT2D eigenvalue weighted by molar-refractivity contribution is 0.103. The van der Waals surface area contributed by atoms with Crippen molar-refractivity contribution in [2.75, 3.05) is 17.9 Å². The number of rotatable bonds is 12. The van der Waals surface area contributed by atoms with Crippen molar-refractivity contribution in [3.63, 3.8) is 0 Å². The van der Waals surface area contributed by atoms with E-state index in [-0.39, 0.29) is 29.5 Å². The van der Waals surface area contributed by atoms with Crippen LogP contribution >= 0.6 is 0 Å². The zero-order valence-electron chi connectivity index (χ0n) is 22.6. The van der Waals surface area contributed by atoms with Crippen molar-refractivity contribution >= 4 is 32.9 Å². The molecule has 2 aromatic heterocycles. The Hall–Kier alpha value is -4.00. The van der Waals surface area contributed by atoms with Gasteiger partial charge in [0.15, 0.2) is 0 Å². The Labute approximate surface area is 233 Å². The molecule has 0 spiro atoms. The normalized spacial score (nSPS) is 12.7. The number of aryl methyl sites for hydroxylation is 1. The smallest absolute Gasteiger partial charge is 0.434 e. The fourth-order valence-corrected chi connectivity index (χ4v) is 5.08. The Kier molecular flexibility index (Phi) is 9.03. The average molecular weight is 568 g/mol. The van der Waals surface area contributed by atoms with E-state index in [1.807, 2.05) is 18.4 Å². The number of ether oxygens (including phenoxy) is 2. The van der Waals surface area contributed by atoms with E-state index in [1.165, 1.54) is 18.3 Å². The molecule has 2 heterocycles. The lowest BCUT2D eigenvalue weighted by Crippen LogP contribution is -2.42. The van der Waals surface area contributed by atoms with E-state index in [4.69, 9.17) is 9.47 Å². The molecule has 2 aromatic carbocycles. The van der Waals surface area contributed by atoms with Crippen LogP contribution in [0.4, 0.5) is 10.5 Å². The second-order valence-corrected chi connectivity index (χ2v) is 11.5. The molecule has 11 nitrogen and oxygen atoms in total. The van der Waals surface area contributed by atoms with E-state index in [9.17, 15) is 18.3 Å². The first-order valence-corrected chi connectivity index (χ1v) is 14.3. The van der Waals surface area contributed by atoms with E-state index >= 15 is 0 Å². The zero-order chi connectivity index (χ0) is 28.8. The minimum Gasteiger partial charge on any atom is -0.434 e. The first kappa shape index (κ1) is 29.0. The summed E-state index contributed by atoms with van der Waals surface area (Å²) in [6, 6.07) is 16.5. The number of fused-ring (bicyclic) bond motifs is 1. The summed E-state index contributed by atoms with van der Waals surface area (Å²) >= 11 is 0. The van der Waals surface area contributed by atoms with Gasteiger partial charge >= 0.3 is 6.16 Å². The van der Waals surface area contributed by atoms with Crippen molar-refractivity contribution in [3.8, 4) is 5.88 Å². The number of anilines is 1. The Morgan fingerprint density at radius 1 is 1.10 bits per heavy atom. The number of pyridine rings is 1. The number of imidazole rings is 1. The molecule has 4 rings (SSSR count). The summed E-state index contributed by atoms with van der Waals surface area (Å²) in [4.78, 5) is 20.2. The third kappa shape index (κ3) is 7.56. The highest BCUT2D eigenvalue weighted by atomic mass is 32.2. The molecule has 0 bridgehead atoms. The number of aromatic nitrogens is 3. The molecule has 0 aliphatic heterocycles. The molecule has 0 saturated heterocycles. The summed E-state index contributed by atoms with van der Waals surface area (Å²) in [5.41, 5.74) is 2.02. The fourth-order valence-electron chi connectivity index (χ4n) is 4.01. The monoisotopic (exact) mass is 567 g/mol. The van der Waals surface area contributed by atoms with Crippen LogP contribution in [0.15, 0.2) is 78.1 Å². The van der Waals surface area contributed by atoms with Gasteiger partial charge in [0, 0.05) is 30.4 Å². The molecule has 0 aliphatic rings. The standard InChI is InChI=1S/C28H33N5O6S/c1-4-38-27(35)39-26-16-24-23(17-29-26)30-19-33(24)14-13-28(2,3)31-18-25(34)20-9-8-10-21(15-20)32-40(36,37)22-11-6-5-7-12-22/h5-12,15-17,19,25,31-32,34H,4,13-14,18H2,1-3H3. The van der Waals surface area contributed by atoms with Gasteiger partial charge in [-0.3, -0.25) is 4.72 Å². The van der Waals surface area contributed by atoms with Gasteiger partial charge in [-0.25, -0.2) is 23.2 Å². The van der Waals surface area contributed by atoms with E-state index in [0.717, 1.165) is 5.52 Å². The second kappa shape index (κ2) is 12.5. The molecule has 0 saturated carbocycles. The SMILES string of the molecule is CCOC(=O)Oc1cc2c(cn1)ncn2CCC(C)(C)NCC(O)c1cccc(NS(=O)(=O)c2ccccc2)c1. The van der Waals surface area contributed by atoms with Gasteiger partial charge in [-0.15, -0.1) is 0 Å². The first-order chi connectivity index (χ1) is 19.1. The van der Waals surface area contributed by atoms with Gasteiger partial charge in [0.25, 0.3) is 10.0 Å². The zero-order valence-corrected chi connectivity index (χ0v) is 23.4. The number of sulfonamides is 1. The van der Waals surface area contributed by atoms with Crippen LogP contribution in [-0.2, 0) is 21.3 Å². The van der Waals surface area contributed by atoms with Crippen molar-refractivity contribution in [3.05, 3.63) is 78.8 Å². The summed E-state index contributed by atoms with van der Waals surface area (Å²) < 4.78 is 39.7. The quantitative estimate of drug-likeness (QED) is 0.214. The summed E-state index contributed by atoms with van der Waals surface area (Å²) in [5, 5.41) is 14.2. The number of nitrogens with one attached hydrogen (secondary N) is 2. The highest BCUT2D eigenvalue weighted by molar-refractivity contribution is 7.92. The van der Waals surface area contributed by atoms with Crippen LogP contribution in [0, 0.1) is 0 Å². The maximum absolute atomic E-state index is 12.7. The Morgan fingerprint density at radius 2 is 1.88 bits per heavy atom. The van der Waals surface area contributed by atoms with E-state index in [0.29, 0.717) is 29.7 Å². The summed E-state index contributed by atoms with van der Waals surface area (Å²) in [6.07, 6.45) is 2.26. The number of benzene rings is 2. The molecule has 1 unspecified atom stereocenters. The first-order valence-electron chi connectivity index (χ1n) is 12.8. The highest BCUT2D eigenvalue weighted by Crippen LogP contribution is 2.23. The molecule has 4 aromatic rings. The molecule has 1 atom stereocenters. The number of carbonyl (C=O) groups is 1. The number of hydrogen-bond donors (Lipinski definition) is 3. The summed E-state index contributed by atoms with van der Waals surface area (Å²) in [6.45, 7) is 6.81. The predicted molar refractivity (Wildman–Crippen MR) is 151 cm³/mol. The number of carbonyl (C=O) groups excluding carboxylic acids is 1. The maximum Gasteiger partial charge on any atom is 0.515 e. The number of hydrogen-bond acceptors (Lipinski definition) is 9. The number of aliphatic hydroxyl groups is 1. The van der Waals surface area contributed by atoms with Crippen molar-refractivity contribution in [2.45, 2.75) is 50.3 Å². The molecule has 0 amide bonds. The fraction of sp³-hybridized carbons (Fsp3) is 0.321. The van der Waals surface area contributed by atoms with Crippen molar-refractivity contribution < 1.29 is 27.8 Å². The largest absolute Gasteiger partial charge is 0.515 e. The number of β-amino-alcohol motifs (C(OH)–C–C–N with tert-alkyl or cyclic N) is 1. The average Bonchev–Trinajstić information content (AvgIpc) is 3.33. The van der Waals surface area contributed by atoms with Crippen LogP contribution in [-0.4, -0.2) is 52.9 Å². The van der Waals surface area contributed by atoms with Crippen LogP contribution in [0.25, 0.3) is 11.0 Å². The van der Waals surface area contributed by atoms with Crippen LogP contribution in [0.2, 0.25) is 0 Å². The Balaban J connectivity index is 1.35. The Bertz CT molecular complexity index is 1560. The van der Waals surface area contributed by atoms with Crippen LogP contribution in [0.3, 0.4) is 0 Å². The van der Waals surface area contributed by atoms with Gasteiger partial charge in [0.05, 0.1) is 35.6 Å². The van der Waals surface area contributed by atoms with Gasteiger partial charge < -0.3 is 24.5 Å². The molecule has 0 radical (unpaired) electrons. The summed E-state index contributed by atoms with van der Waals surface area (Å²) in [7, 11) is -3.74. The number of nitrogens with zero attached hydrogens (tertiary/aromatic N) is 3. The third-order valence-corrected chi connectivity index (χ3v) is 7.66. The van der Waals surface area contributed by atoms with E-state index in [1.54, 1.807) is 61.8 Å². The highest BCUT2D eigenvalue weighted by Gasteiger charge is 2.21. The lowest BCUT2D eigenvalue weighted by Gasteiger charge is -2.28. The second-order valence-electron chi connectivity index (χ2n) is 9.81. The van der Waals surface area contributed by atoms with Crippen LogP contribution in [0.1, 0.15) is 38.9 Å². The molecule has 0 fully saturated rings. The predicted octanol–water partition coefficient (Wildman–Crippen LogP) is 4.26. The van der Waals surface area contributed by atoms with Crippen LogP contribution in [0.5, 0.6) is 5.88 Å². The molecular weight excluding hydrogens is 534 g/mol. The van der Waals surface area contributed by atoms with Crippen molar-refractivity contribution in [2.24, 2.45) is 0 Å². The van der Waals surface area contributed by atoms with Gasteiger partial charge in [-0.05, 0) is 57.0 Å². The van der Waals surface area contributed by atoms with Gasteiger partial charge in [0.2, 0.25) is 5.88 Å². The minimum atomic E-state index is -3.74. The molecular formula is C28H33N5O6S. The molecule has 40 heavy (non-hydrogen) atoms. The maximum atomic E-state index is 12.7. The summed E-state index contributed by atoms with van der Waals surface area (Å²) in [5.74, 6) is 0.126. The van der Waals surface area contributed by atoms with E-state index in [2.05, 4.69) is 20.0 Å². The third-order valence-electron chi connectivity index (χ3n) is 6.26. The molecule has 212 valence electrons. The number of aliphatic hydroxyl groups excluding tert-OH is 1. The van der Waals surface area contributed by atoms with Crippen LogP contribution < -0.4 is 14.8 Å². The minimum absolute atomic E-state index is 0.126. The molecule has 0 aliphatic carbocycles. The van der Waals surface area contributed by atoms with Crippen molar-refractivity contribution in [1.82, 2.24) is 19.9 Å². The molecule has 3 N–H and O–H groups in total. The van der Waals surface area contributed by atoms with E-state index < -0.39 is 22.3 Å². The lowest BCUT2D eigenvalue weighted by atomic mass is 9.99.